The molecule has 5 nitrogen and oxygen atoms in total. The van der Waals surface area contributed by atoms with E-state index in [-0.39, 0.29) is 11.8 Å². The third kappa shape index (κ3) is 3.82. The van der Waals surface area contributed by atoms with Crippen LogP contribution in [-0.4, -0.2) is 25.0 Å². The van der Waals surface area contributed by atoms with Crippen molar-refractivity contribution in [2.75, 3.05) is 12.4 Å². The van der Waals surface area contributed by atoms with Gasteiger partial charge in [0.05, 0.1) is 17.7 Å². The van der Waals surface area contributed by atoms with Gasteiger partial charge in [0.15, 0.2) is 0 Å². The van der Waals surface area contributed by atoms with Crippen molar-refractivity contribution < 1.29 is 14.3 Å². The lowest BCUT2D eigenvalue weighted by Gasteiger charge is -2.15. The number of nitrogens with one attached hydrogen (secondary N) is 2. The number of rotatable bonds is 5. The number of anilines is 1. The van der Waals surface area contributed by atoms with E-state index in [4.69, 9.17) is 4.74 Å². The van der Waals surface area contributed by atoms with Crippen molar-refractivity contribution in [2.45, 2.75) is 13.0 Å². The molecule has 1 heterocycles. The molecule has 0 spiro atoms. The highest BCUT2D eigenvalue weighted by molar-refractivity contribution is 7.12. The van der Waals surface area contributed by atoms with Crippen molar-refractivity contribution in [3.63, 3.8) is 0 Å². The van der Waals surface area contributed by atoms with Crippen molar-refractivity contribution in [1.82, 2.24) is 5.32 Å². The largest absolute Gasteiger partial charge is 0.495 e. The summed E-state index contributed by atoms with van der Waals surface area (Å²) in [5.41, 5.74) is 0.572. The van der Waals surface area contributed by atoms with Crippen molar-refractivity contribution in [1.29, 1.82) is 0 Å². The quantitative estimate of drug-likeness (QED) is 0.892. The summed E-state index contributed by atoms with van der Waals surface area (Å²) in [5, 5.41) is 7.21. The molecule has 0 aliphatic carbocycles. The minimum atomic E-state index is -0.649. The number of methoxy groups -OCH3 is 1. The molecular weight excluding hydrogens is 288 g/mol. The summed E-state index contributed by atoms with van der Waals surface area (Å²) in [5.74, 6) is 0.0136. The van der Waals surface area contributed by atoms with Crippen LogP contribution < -0.4 is 15.4 Å². The van der Waals surface area contributed by atoms with Crippen LogP contribution in [0, 0.1) is 0 Å². The summed E-state index contributed by atoms with van der Waals surface area (Å²) < 4.78 is 5.17. The molecule has 0 fully saturated rings. The van der Waals surface area contributed by atoms with Gasteiger partial charge in [-0.05, 0) is 30.5 Å². The number of benzene rings is 1. The van der Waals surface area contributed by atoms with Crippen molar-refractivity contribution >= 4 is 28.8 Å². The van der Waals surface area contributed by atoms with Crippen LogP contribution in [0.2, 0.25) is 0 Å². The lowest BCUT2D eigenvalue weighted by molar-refractivity contribution is -0.117. The maximum atomic E-state index is 12.1. The number of amides is 2. The second-order valence-electron chi connectivity index (χ2n) is 4.36. The Morgan fingerprint density at radius 1 is 1.19 bits per heavy atom. The van der Waals surface area contributed by atoms with E-state index in [1.165, 1.54) is 18.4 Å². The van der Waals surface area contributed by atoms with Gasteiger partial charge in [-0.3, -0.25) is 9.59 Å². The van der Waals surface area contributed by atoms with Crippen LogP contribution in [0.15, 0.2) is 41.8 Å². The lowest BCUT2D eigenvalue weighted by Crippen LogP contribution is -2.41. The minimum absolute atomic E-state index is 0.257. The normalized spacial score (nSPS) is 11.5. The molecule has 21 heavy (non-hydrogen) atoms. The molecule has 0 aliphatic rings. The van der Waals surface area contributed by atoms with Gasteiger partial charge in [-0.25, -0.2) is 0 Å². The number of ether oxygens (including phenoxy) is 1. The Labute approximate surface area is 126 Å². The van der Waals surface area contributed by atoms with Crippen LogP contribution >= 0.6 is 11.3 Å². The lowest BCUT2D eigenvalue weighted by atomic mass is 10.2. The Hall–Kier alpha value is -2.34. The van der Waals surface area contributed by atoms with Gasteiger partial charge < -0.3 is 15.4 Å². The first-order valence-corrected chi connectivity index (χ1v) is 7.28. The fourth-order valence-electron chi connectivity index (χ4n) is 1.73. The average molecular weight is 304 g/mol. The molecule has 1 atom stereocenters. The summed E-state index contributed by atoms with van der Waals surface area (Å²) in [4.78, 5) is 24.6. The SMILES string of the molecule is COc1ccccc1NC(=O)C(C)NC(=O)c1cccs1. The summed E-state index contributed by atoms with van der Waals surface area (Å²) in [6.07, 6.45) is 0. The zero-order valence-electron chi connectivity index (χ0n) is 11.8. The molecule has 0 aliphatic heterocycles. The molecule has 2 aromatic rings. The van der Waals surface area contributed by atoms with Gasteiger partial charge in [-0.1, -0.05) is 18.2 Å². The van der Waals surface area contributed by atoms with Crippen LogP contribution in [0.25, 0.3) is 0 Å². The van der Waals surface area contributed by atoms with Crippen molar-refractivity contribution in [3.8, 4) is 5.75 Å². The second kappa shape index (κ2) is 6.90. The molecule has 6 heteroatoms. The smallest absolute Gasteiger partial charge is 0.261 e. The molecule has 1 aromatic heterocycles. The van der Waals surface area contributed by atoms with Crippen LogP contribution in [-0.2, 0) is 4.79 Å². The molecule has 0 bridgehead atoms. The highest BCUT2D eigenvalue weighted by Gasteiger charge is 2.18. The molecule has 0 saturated heterocycles. The van der Waals surface area contributed by atoms with Gasteiger partial charge in [-0.2, -0.15) is 0 Å². The number of para-hydroxylation sites is 2. The maximum absolute atomic E-state index is 12.1. The molecule has 110 valence electrons. The van der Waals surface area contributed by atoms with E-state index in [9.17, 15) is 9.59 Å². The number of hydrogen-bond donors (Lipinski definition) is 2. The summed E-state index contributed by atoms with van der Waals surface area (Å²) in [7, 11) is 1.53. The summed E-state index contributed by atoms with van der Waals surface area (Å²) in [6.45, 7) is 1.64. The molecule has 2 N–H and O–H groups in total. The maximum Gasteiger partial charge on any atom is 0.261 e. The monoisotopic (exact) mass is 304 g/mol. The van der Waals surface area contributed by atoms with Crippen LogP contribution in [0.4, 0.5) is 5.69 Å². The number of hydrogen-bond acceptors (Lipinski definition) is 4. The van der Waals surface area contributed by atoms with E-state index in [1.54, 1.807) is 37.3 Å². The number of thiophene rings is 1. The highest BCUT2D eigenvalue weighted by Crippen LogP contribution is 2.23. The molecular formula is C15H16N2O3S. The number of carbonyl (C=O) groups is 2. The Kier molecular flexibility index (Phi) is 4.94. The van der Waals surface area contributed by atoms with Gasteiger partial charge in [0.1, 0.15) is 11.8 Å². The van der Waals surface area contributed by atoms with E-state index >= 15 is 0 Å². The molecule has 1 aromatic carbocycles. The van der Waals surface area contributed by atoms with Crippen molar-refractivity contribution in [3.05, 3.63) is 46.7 Å². The van der Waals surface area contributed by atoms with Gasteiger partial charge in [0, 0.05) is 0 Å². The third-order valence-corrected chi connectivity index (χ3v) is 3.72. The van der Waals surface area contributed by atoms with E-state index in [1.807, 2.05) is 11.4 Å². The van der Waals surface area contributed by atoms with Crippen molar-refractivity contribution in [2.24, 2.45) is 0 Å². The Morgan fingerprint density at radius 3 is 2.62 bits per heavy atom. The number of carbonyl (C=O) groups excluding carboxylic acids is 2. The molecule has 2 rings (SSSR count). The molecule has 2 amide bonds. The zero-order valence-corrected chi connectivity index (χ0v) is 12.6. The van der Waals surface area contributed by atoms with Crippen LogP contribution in [0.5, 0.6) is 5.75 Å². The van der Waals surface area contributed by atoms with Gasteiger partial charge >= 0.3 is 0 Å². The summed E-state index contributed by atoms with van der Waals surface area (Å²) in [6, 6.07) is 9.97. The molecule has 0 radical (unpaired) electrons. The molecule has 1 unspecified atom stereocenters. The van der Waals surface area contributed by atoms with E-state index in [0.717, 1.165) is 0 Å². The third-order valence-electron chi connectivity index (χ3n) is 2.85. The van der Waals surface area contributed by atoms with E-state index in [2.05, 4.69) is 10.6 Å². The Morgan fingerprint density at radius 2 is 1.95 bits per heavy atom. The van der Waals surface area contributed by atoms with Gasteiger partial charge in [0.25, 0.3) is 5.91 Å². The predicted molar refractivity (Wildman–Crippen MR) is 82.9 cm³/mol. The average Bonchev–Trinajstić information content (AvgIpc) is 3.02. The zero-order chi connectivity index (χ0) is 15.2. The fraction of sp³-hybridized carbons (Fsp3) is 0.200. The first-order valence-electron chi connectivity index (χ1n) is 6.40. The Bertz CT molecular complexity index is 626. The summed E-state index contributed by atoms with van der Waals surface area (Å²) >= 11 is 1.33. The minimum Gasteiger partial charge on any atom is -0.495 e. The fourth-order valence-corrected chi connectivity index (χ4v) is 2.36. The first kappa shape index (κ1) is 15.1. The highest BCUT2D eigenvalue weighted by atomic mass is 32.1. The van der Waals surface area contributed by atoms with E-state index < -0.39 is 6.04 Å². The second-order valence-corrected chi connectivity index (χ2v) is 5.31. The van der Waals surface area contributed by atoms with Gasteiger partial charge in [0.2, 0.25) is 5.91 Å². The van der Waals surface area contributed by atoms with Gasteiger partial charge in [-0.15, -0.1) is 11.3 Å². The van der Waals surface area contributed by atoms with Crippen LogP contribution in [0.3, 0.4) is 0 Å². The van der Waals surface area contributed by atoms with Crippen LogP contribution in [0.1, 0.15) is 16.6 Å². The first-order chi connectivity index (χ1) is 10.1. The topological polar surface area (TPSA) is 67.4 Å². The molecule has 0 saturated carbocycles. The Balaban J connectivity index is 1.98. The predicted octanol–water partition coefficient (Wildman–Crippen LogP) is 2.51. The van der Waals surface area contributed by atoms with E-state index in [0.29, 0.717) is 16.3 Å². The standard InChI is InChI=1S/C15H16N2O3S/c1-10(16-15(19)13-8-5-9-21-13)14(18)17-11-6-3-4-7-12(11)20-2/h3-10H,1-2H3,(H,16,19)(H,17,18).